The average Bonchev–Trinajstić information content (AvgIpc) is 2.07. The zero-order valence-corrected chi connectivity index (χ0v) is 9.74. The largest absolute Gasteiger partial charge is 0.384 e. The first-order valence-corrected chi connectivity index (χ1v) is 5.58. The average molecular weight is 261 g/mol. The molecule has 0 fully saturated rings. The van der Waals surface area contributed by atoms with Gasteiger partial charge < -0.3 is 5.32 Å². The van der Waals surface area contributed by atoms with Crippen LogP contribution >= 0.6 is 27.5 Å². The third-order valence-electron chi connectivity index (χ3n) is 2.50. The van der Waals surface area contributed by atoms with Gasteiger partial charge in [-0.05, 0) is 46.0 Å². The van der Waals surface area contributed by atoms with E-state index in [0.717, 1.165) is 16.0 Å². The van der Waals surface area contributed by atoms with Gasteiger partial charge in [-0.1, -0.05) is 18.5 Å². The Morgan fingerprint density at radius 2 is 2.31 bits per heavy atom. The number of benzene rings is 1. The van der Waals surface area contributed by atoms with Gasteiger partial charge in [0.05, 0.1) is 5.69 Å². The van der Waals surface area contributed by atoms with Crippen LogP contribution in [-0.2, 0) is 0 Å². The van der Waals surface area contributed by atoms with Crippen molar-refractivity contribution in [3.8, 4) is 0 Å². The maximum absolute atomic E-state index is 5.99. The van der Waals surface area contributed by atoms with Gasteiger partial charge in [-0.25, -0.2) is 0 Å². The Kier molecular flexibility index (Phi) is 2.52. The summed E-state index contributed by atoms with van der Waals surface area (Å²) in [4.78, 5) is 0. The summed E-state index contributed by atoms with van der Waals surface area (Å²) in [5.74, 6) is 0.603. The molecule has 1 atom stereocenters. The van der Waals surface area contributed by atoms with Crippen molar-refractivity contribution >= 4 is 33.2 Å². The lowest BCUT2D eigenvalue weighted by atomic mass is 9.93. The maximum Gasteiger partial charge on any atom is 0.0520 e. The van der Waals surface area contributed by atoms with Crippen LogP contribution in [0, 0.1) is 0 Å². The maximum atomic E-state index is 5.99. The monoisotopic (exact) mass is 259 g/mol. The van der Waals surface area contributed by atoms with Gasteiger partial charge in [0, 0.05) is 16.0 Å². The Hall–Kier alpha value is -0.210. The van der Waals surface area contributed by atoms with Crippen LogP contribution in [0.4, 0.5) is 5.69 Å². The number of hydrogen-bond donors (Lipinski definition) is 1. The van der Waals surface area contributed by atoms with E-state index in [1.54, 1.807) is 0 Å². The van der Waals surface area contributed by atoms with E-state index >= 15 is 0 Å². The number of fused-ring (bicyclic) bond motifs is 1. The minimum absolute atomic E-state index is 0.603. The molecule has 1 aliphatic rings. The first-order valence-electron chi connectivity index (χ1n) is 4.41. The molecule has 3 heteroatoms. The van der Waals surface area contributed by atoms with Gasteiger partial charge in [-0.2, -0.15) is 0 Å². The fourth-order valence-electron chi connectivity index (χ4n) is 1.74. The Balaban J connectivity index is 2.56. The smallest absolute Gasteiger partial charge is 0.0520 e. The molecule has 13 heavy (non-hydrogen) atoms. The third kappa shape index (κ3) is 1.70. The number of rotatable bonds is 0. The molecule has 0 radical (unpaired) electrons. The van der Waals surface area contributed by atoms with Crippen LogP contribution in [0.3, 0.4) is 0 Å². The summed E-state index contributed by atoms with van der Waals surface area (Å²) in [6.45, 7) is 3.29. The van der Waals surface area contributed by atoms with E-state index in [1.807, 2.05) is 6.07 Å². The predicted molar refractivity (Wildman–Crippen MR) is 60.7 cm³/mol. The lowest BCUT2D eigenvalue weighted by Gasteiger charge is -2.25. The number of halogens is 2. The molecule has 1 nitrogen and oxygen atoms in total. The molecule has 0 aliphatic carbocycles. The van der Waals surface area contributed by atoms with Crippen molar-refractivity contribution in [1.29, 1.82) is 0 Å². The highest BCUT2D eigenvalue weighted by atomic mass is 79.9. The quantitative estimate of drug-likeness (QED) is 0.743. The van der Waals surface area contributed by atoms with Gasteiger partial charge >= 0.3 is 0 Å². The van der Waals surface area contributed by atoms with Gasteiger partial charge in [0.15, 0.2) is 0 Å². The lowest BCUT2D eigenvalue weighted by Crippen LogP contribution is -2.15. The van der Waals surface area contributed by atoms with Crippen molar-refractivity contribution < 1.29 is 0 Å². The summed E-state index contributed by atoms with van der Waals surface area (Å²) in [5, 5.41) is 4.19. The van der Waals surface area contributed by atoms with Crippen LogP contribution in [0.2, 0.25) is 5.02 Å². The van der Waals surface area contributed by atoms with Crippen molar-refractivity contribution in [1.82, 2.24) is 0 Å². The molecule has 0 spiro atoms. The summed E-state index contributed by atoms with van der Waals surface area (Å²) in [6, 6.07) is 3.99. The van der Waals surface area contributed by atoms with Gasteiger partial charge in [0.1, 0.15) is 0 Å². The Morgan fingerprint density at radius 3 is 3.08 bits per heavy atom. The highest BCUT2D eigenvalue weighted by molar-refractivity contribution is 9.10. The van der Waals surface area contributed by atoms with Crippen molar-refractivity contribution in [2.24, 2.45) is 0 Å². The first-order chi connectivity index (χ1) is 6.18. The standard InChI is InChI=1S/C10H11BrClN/c1-6-2-3-13-10-8(6)4-7(12)5-9(10)11/h4-6,13H,2-3H2,1H3. The topological polar surface area (TPSA) is 12.0 Å². The molecule has 1 heterocycles. The summed E-state index contributed by atoms with van der Waals surface area (Å²) in [6.07, 6.45) is 1.18. The molecule has 2 rings (SSSR count). The molecule has 70 valence electrons. The SMILES string of the molecule is CC1CCNc2c(Br)cc(Cl)cc21. The van der Waals surface area contributed by atoms with Crippen molar-refractivity contribution in [3.05, 3.63) is 27.2 Å². The van der Waals surface area contributed by atoms with E-state index in [2.05, 4.69) is 34.2 Å². The van der Waals surface area contributed by atoms with E-state index in [0.29, 0.717) is 5.92 Å². The molecule has 1 N–H and O–H groups in total. The molecule has 1 aromatic carbocycles. The molecule has 0 bridgehead atoms. The van der Waals surface area contributed by atoms with Crippen molar-refractivity contribution in [3.63, 3.8) is 0 Å². The Morgan fingerprint density at radius 1 is 1.54 bits per heavy atom. The summed E-state index contributed by atoms with van der Waals surface area (Å²) < 4.78 is 1.07. The van der Waals surface area contributed by atoms with Crippen LogP contribution in [0.1, 0.15) is 24.8 Å². The van der Waals surface area contributed by atoms with Crippen LogP contribution in [0.15, 0.2) is 16.6 Å². The normalized spacial score (nSPS) is 20.7. The Labute approximate surface area is 91.6 Å². The van der Waals surface area contributed by atoms with Crippen LogP contribution in [0.5, 0.6) is 0 Å². The van der Waals surface area contributed by atoms with Crippen molar-refractivity contribution in [2.75, 3.05) is 11.9 Å². The highest BCUT2D eigenvalue weighted by Gasteiger charge is 2.18. The summed E-state index contributed by atoms with van der Waals surface area (Å²) in [7, 11) is 0. The van der Waals surface area contributed by atoms with E-state index in [-0.39, 0.29) is 0 Å². The van der Waals surface area contributed by atoms with Crippen LogP contribution in [-0.4, -0.2) is 6.54 Å². The van der Waals surface area contributed by atoms with Gasteiger partial charge in [-0.15, -0.1) is 0 Å². The molecule has 0 saturated carbocycles. The van der Waals surface area contributed by atoms with E-state index in [1.165, 1.54) is 17.7 Å². The molecule has 1 unspecified atom stereocenters. The zero-order valence-electron chi connectivity index (χ0n) is 7.40. The summed E-state index contributed by atoms with van der Waals surface area (Å²) in [5.41, 5.74) is 2.54. The molecular weight excluding hydrogens is 249 g/mol. The minimum Gasteiger partial charge on any atom is -0.384 e. The second kappa shape index (κ2) is 3.50. The van der Waals surface area contributed by atoms with E-state index in [4.69, 9.17) is 11.6 Å². The Bertz CT molecular complexity index is 338. The van der Waals surface area contributed by atoms with Gasteiger partial charge in [0.25, 0.3) is 0 Å². The number of hydrogen-bond acceptors (Lipinski definition) is 1. The molecule has 0 saturated heterocycles. The highest BCUT2D eigenvalue weighted by Crippen LogP contribution is 2.38. The second-order valence-corrected chi connectivity index (χ2v) is 4.76. The van der Waals surface area contributed by atoms with Crippen LogP contribution < -0.4 is 5.32 Å². The molecule has 0 amide bonds. The van der Waals surface area contributed by atoms with E-state index < -0.39 is 0 Å². The third-order valence-corrected chi connectivity index (χ3v) is 3.34. The fraction of sp³-hybridized carbons (Fsp3) is 0.400. The van der Waals surface area contributed by atoms with Crippen LogP contribution in [0.25, 0.3) is 0 Å². The van der Waals surface area contributed by atoms with E-state index in [9.17, 15) is 0 Å². The van der Waals surface area contributed by atoms with Gasteiger partial charge in [-0.3, -0.25) is 0 Å². The van der Waals surface area contributed by atoms with Crippen molar-refractivity contribution in [2.45, 2.75) is 19.3 Å². The second-order valence-electron chi connectivity index (χ2n) is 3.47. The predicted octanol–water partition coefficient (Wildman–Crippen LogP) is 4.02. The molecule has 0 aromatic heterocycles. The zero-order chi connectivity index (χ0) is 9.42. The fourth-order valence-corrected chi connectivity index (χ4v) is 2.71. The molecular formula is C10H11BrClN. The number of anilines is 1. The lowest BCUT2D eigenvalue weighted by molar-refractivity contribution is 0.683. The van der Waals surface area contributed by atoms with Gasteiger partial charge in [0.2, 0.25) is 0 Å². The molecule has 1 aliphatic heterocycles. The minimum atomic E-state index is 0.603. The summed E-state index contributed by atoms with van der Waals surface area (Å²) >= 11 is 9.50. The molecule has 1 aromatic rings. The first kappa shape index (κ1) is 9.35. The number of nitrogens with one attached hydrogen (secondary N) is 1.